The van der Waals surface area contributed by atoms with E-state index in [-0.39, 0.29) is 17.7 Å². The second kappa shape index (κ2) is 11.2. The number of anilines is 1. The van der Waals surface area contributed by atoms with Gasteiger partial charge in [0.1, 0.15) is 11.9 Å². The molecule has 34 heavy (non-hydrogen) atoms. The maximum atomic E-state index is 13.2. The van der Waals surface area contributed by atoms with Crippen LogP contribution in [0.1, 0.15) is 24.4 Å². The number of rotatable bonds is 8. The summed E-state index contributed by atoms with van der Waals surface area (Å²) >= 11 is 1.44. The summed E-state index contributed by atoms with van der Waals surface area (Å²) in [5, 5.41) is 9.84. The Hall–Kier alpha value is -3.40. The van der Waals surface area contributed by atoms with Gasteiger partial charge in [0.05, 0.1) is 10.6 Å². The Labute approximate surface area is 203 Å². The first-order valence-electron chi connectivity index (χ1n) is 11.3. The molecule has 2 heterocycles. The largest absolute Gasteiger partial charge is 0.367 e. The van der Waals surface area contributed by atoms with E-state index in [2.05, 4.69) is 20.3 Å². The lowest BCUT2D eigenvalue weighted by molar-refractivity contribution is -0.137. The Morgan fingerprint density at radius 1 is 1.09 bits per heavy atom. The van der Waals surface area contributed by atoms with Crippen molar-refractivity contribution in [3.63, 3.8) is 0 Å². The molecule has 174 valence electrons. The van der Waals surface area contributed by atoms with Crippen LogP contribution in [0.5, 0.6) is 0 Å². The fourth-order valence-electron chi connectivity index (χ4n) is 4.17. The van der Waals surface area contributed by atoms with Crippen LogP contribution in [0.15, 0.2) is 54.6 Å². The average Bonchev–Trinajstić information content (AvgIpc) is 3.28. The fourth-order valence-corrected chi connectivity index (χ4v) is 4.93. The maximum absolute atomic E-state index is 13.2. The van der Waals surface area contributed by atoms with Crippen LogP contribution in [0.2, 0.25) is 0 Å². The van der Waals surface area contributed by atoms with Crippen molar-refractivity contribution in [1.29, 1.82) is 0 Å². The van der Waals surface area contributed by atoms with Crippen molar-refractivity contribution in [3.8, 4) is 0 Å². The molecule has 1 aromatic heterocycles. The smallest absolute Gasteiger partial charge is 0.249 e. The van der Waals surface area contributed by atoms with E-state index in [9.17, 15) is 14.4 Å². The molecule has 1 aliphatic rings. The second-order valence-electron chi connectivity index (χ2n) is 8.22. The topological polar surface area (TPSA) is 103 Å². The first kappa shape index (κ1) is 23.8. The molecule has 0 bridgehead atoms. The standard InChI is InChI=1S/C24H26BN5O3S/c25-24(33)28-20(16-7-2-1-3-8-16)23(32)30-14-6-9-17(15-30)22(31)27-13-12-26-21-18-10-4-5-11-19(18)34-29-21/h1-5,7-8,10-11,17,20H,6,9,12-15H2,(H,26,29)(H,27,31)(H,28,33). The van der Waals surface area contributed by atoms with Crippen LogP contribution in [0.4, 0.5) is 10.6 Å². The number of likely N-dealkylation sites (tertiary alicyclic amines) is 1. The monoisotopic (exact) mass is 475 g/mol. The van der Waals surface area contributed by atoms with E-state index < -0.39 is 11.8 Å². The van der Waals surface area contributed by atoms with Crippen molar-refractivity contribution in [2.24, 2.45) is 5.92 Å². The number of hydrogen-bond acceptors (Lipinski definition) is 6. The number of aromatic nitrogens is 1. The van der Waals surface area contributed by atoms with Crippen LogP contribution >= 0.6 is 11.5 Å². The molecular formula is C24H26BN5O3S. The second-order valence-corrected chi connectivity index (χ2v) is 9.03. The Balaban J connectivity index is 1.30. The molecule has 3 amide bonds. The van der Waals surface area contributed by atoms with Gasteiger partial charge in [-0.05, 0) is 42.1 Å². The van der Waals surface area contributed by atoms with E-state index in [4.69, 9.17) is 7.85 Å². The van der Waals surface area contributed by atoms with E-state index in [1.807, 2.05) is 30.3 Å². The minimum Gasteiger partial charge on any atom is -0.367 e. The van der Waals surface area contributed by atoms with Gasteiger partial charge in [0.2, 0.25) is 19.7 Å². The highest BCUT2D eigenvalue weighted by Crippen LogP contribution is 2.26. The van der Waals surface area contributed by atoms with E-state index in [0.717, 1.165) is 15.9 Å². The Morgan fingerprint density at radius 3 is 2.65 bits per heavy atom. The Bertz CT molecular complexity index is 1160. The van der Waals surface area contributed by atoms with Gasteiger partial charge in [0.15, 0.2) is 5.81 Å². The minimum atomic E-state index is -0.877. The molecule has 2 aromatic carbocycles. The van der Waals surface area contributed by atoms with E-state index in [1.165, 1.54) is 11.5 Å². The van der Waals surface area contributed by atoms with Crippen molar-refractivity contribution >= 4 is 52.9 Å². The highest BCUT2D eigenvalue weighted by atomic mass is 32.1. The van der Waals surface area contributed by atoms with Crippen molar-refractivity contribution in [2.75, 3.05) is 31.5 Å². The summed E-state index contributed by atoms with van der Waals surface area (Å²) in [7, 11) is 5.31. The highest BCUT2D eigenvalue weighted by Gasteiger charge is 2.32. The quantitative estimate of drug-likeness (QED) is 0.344. The van der Waals surface area contributed by atoms with Crippen LogP contribution in [-0.2, 0) is 9.59 Å². The number of nitrogens with one attached hydrogen (secondary N) is 3. The Morgan fingerprint density at radius 2 is 1.85 bits per heavy atom. The molecule has 0 saturated carbocycles. The highest BCUT2D eigenvalue weighted by molar-refractivity contribution is 7.13. The third kappa shape index (κ3) is 5.74. The van der Waals surface area contributed by atoms with Crippen molar-refractivity contribution < 1.29 is 14.4 Å². The lowest BCUT2D eigenvalue weighted by Gasteiger charge is -2.34. The molecule has 0 spiro atoms. The first-order chi connectivity index (χ1) is 16.5. The van der Waals surface area contributed by atoms with Gasteiger partial charge >= 0.3 is 0 Å². The summed E-state index contributed by atoms with van der Waals surface area (Å²) < 4.78 is 5.54. The van der Waals surface area contributed by atoms with Gasteiger partial charge in [-0.2, -0.15) is 4.37 Å². The van der Waals surface area contributed by atoms with Gasteiger partial charge < -0.3 is 20.9 Å². The minimum absolute atomic E-state index is 0.0819. The van der Waals surface area contributed by atoms with Crippen molar-refractivity contribution in [3.05, 3.63) is 60.2 Å². The zero-order valence-electron chi connectivity index (χ0n) is 18.7. The summed E-state index contributed by atoms with van der Waals surface area (Å²) in [5.41, 5.74) is 0.651. The molecule has 0 aliphatic carbocycles. The molecule has 2 radical (unpaired) electrons. The molecule has 3 N–H and O–H groups in total. The molecule has 8 nitrogen and oxygen atoms in total. The van der Waals surface area contributed by atoms with Crippen LogP contribution < -0.4 is 16.0 Å². The molecule has 3 aromatic rings. The molecule has 1 saturated heterocycles. The molecule has 1 fully saturated rings. The number of carbonyl (C=O) groups excluding carboxylic acids is 3. The third-order valence-corrected chi connectivity index (χ3v) is 6.69. The van der Waals surface area contributed by atoms with Gasteiger partial charge in [0.25, 0.3) is 0 Å². The Kier molecular flexibility index (Phi) is 7.79. The van der Waals surface area contributed by atoms with Crippen LogP contribution in [0, 0.1) is 5.92 Å². The van der Waals surface area contributed by atoms with Gasteiger partial charge in [-0.15, -0.1) is 0 Å². The number of piperidine rings is 1. The average molecular weight is 475 g/mol. The summed E-state index contributed by atoms with van der Waals surface area (Å²) in [6, 6.07) is 16.1. The lowest BCUT2D eigenvalue weighted by atomic mass is 9.95. The molecular weight excluding hydrogens is 449 g/mol. The molecule has 2 unspecified atom stereocenters. The summed E-state index contributed by atoms with van der Waals surface area (Å²) in [6.45, 7) is 1.84. The molecule has 4 rings (SSSR count). The van der Waals surface area contributed by atoms with Crippen molar-refractivity contribution in [1.82, 2.24) is 19.9 Å². The number of nitrogens with zero attached hydrogens (tertiary/aromatic N) is 2. The summed E-state index contributed by atoms with van der Waals surface area (Å²) in [4.78, 5) is 39.1. The predicted molar refractivity (Wildman–Crippen MR) is 134 cm³/mol. The zero-order valence-corrected chi connectivity index (χ0v) is 19.5. The van der Waals surface area contributed by atoms with Crippen LogP contribution in [0.3, 0.4) is 0 Å². The molecule has 1 aliphatic heterocycles. The maximum Gasteiger partial charge on any atom is 0.249 e. The molecule has 10 heteroatoms. The van der Waals surface area contributed by atoms with Crippen LogP contribution in [-0.4, -0.2) is 60.9 Å². The lowest BCUT2D eigenvalue weighted by Crippen LogP contribution is -2.49. The zero-order chi connectivity index (χ0) is 23.9. The van der Waals surface area contributed by atoms with Gasteiger partial charge in [-0.1, -0.05) is 42.5 Å². The van der Waals surface area contributed by atoms with E-state index >= 15 is 0 Å². The SMILES string of the molecule is [B]C(=O)NC(C(=O)N1CCCC(C(=O)NCCNc2nsc3ccccc23)C1)c1ccccc1. The van der Waals surface area contributed by atoms with E-state index in [0.29, 0.717) is 44.6 Å². The fraction of sp³-hybridized carbons (Fsp3) is 0.333. The number of fused-ring (bicyclic) bond motifs is 1. The number of hydrogen-bond donors (Lipinski definition) is 3. The number of benzene rings is 2. The van der Waals surface area contributed by atoms with Gasteiger partial charge in [-0.3, -0.25) is 14.4 Å². The summed E-state index contributed by atoms with van der Waals surface area (Å²) in [5.74, 6) is -0.601. The van der Waals surface area contributed by atoms with Crippen molar-refractivity contribution in [2.45, 2.75) is 18.9 Å². The molecule has 2 atom stereocenters. The first-order valence-corrected chi connectivity index (χ1v) is 12.1. The van der Waals surface area contributed by atoms with E-state index in [1.54, 1.807) is 29.2 Å². The number of carbonyl (C=O) groups is 3. The van der Waals surface area contributed by atoms with Gasteiger partial charge in [-0.25, -0.2) is 0 Å². The third-order valence-electron chi connectivity index (χ3n) is 5.86. The normalized spacial score (nSPS) is 16.6. The predicted octanol–water partition coefficient (Wildman–Crippen LogP) is 2.68. The van der Waals surface area contributed by atoms with Crippen LogP contribution in [0.25, 0.3) is 10.1 Å². The summed E-state index contributed by atoms with van der Waals surface area (Å²) in [6.07, 6.45) is 1.42. The van der Waals surface area contributed by atoms with Gasteiger partial charge in [0, 0.05) is 31.6 Å². The number of amides is 3.